The van der Waals surface area contributed by atoms with Gasteiger partial charge in [0.15, 0.2) is 0 Å². The zero-order valence-corrected chi connectivity index (χ0v) is 24.1. The molecule has 0 saturated carbocycles. The highest BCUT2D eigenvalue weighted by Gasteiger charge is 2.32. The molecule has 5 heterocycles. The first-order valence-electron chi connectivity index (χ1n) is 13.9. The number of fused-ring (bicyclic) bond motifs is 1. The van der Waals surface area contributed by atoms with Gasteiger partial charge in [-0.25, -0.2) is 18.7 Å². The summed E-state index contributed by atoms with van der Waals surface area (Å²) in [6.45, 7) is 3.23. The van der Waals surface area contributed by atoms with Gasteiger partial charge in [-0.1, -0.05) is 0 Å². The van der Waals surface area contributed by atoms with Crippen molar-refractivity contribution in [2.45, 2.75) is 57.4 Å². The normalized spacial score (nSPS) is 18.7. The Hall–Kier alpha value is -3.81. The van der Waals surface area contributed by atoms with Gasteiger partial charge in [0, 0.05) is 25.3 Å². The van der Waals surface area contributed by atoms with Crippen LogP contribution in [0.15, 0.2) is 44.7 Å². The second-order valence-corrected chi connectivity index (χ2v) is 11.4. The van der Waals surface area contributed by atoms with Crippen molar-refractivity contribution in [1.29, 1.82) is 0 Å². The van der Waals surface area contributed by atoms with Crippen LogP contribution in [0.2, 0.25) is 0 Å². The lowest BCUT2D eigenvalue weighted by Crippen LogP contribution is -2.49. The molecule has 0 aliphatic carbocycles. The Bertz CT molecular complexity index is 1720. The molecule has 2 aliphatic rings. The van der Waals surface area contributed by atoms with Gasteiger partial charge >= 0.3 is 5.69 Å². The minimum absolute atomic E-state index is 0.0634. The van der Waals surface area contributed by atoms with Gasteiger partial charge in [-0.2, -0.15) is 0 Å². The van der Waals surface area contributed by atoms with E-state index in [1.807, 2.05) is 0 Å². The Balaban J connectivity index is 1.57. The number of aromatic nitrogens is 3. The number of thiophene rings is 1. The van der Waals surface area contributed by atoms with Crippen LogP contribution >= 0.6 is 11.3 Å². The van der Waals surface area contributed by atoms with Crippen LogP contribution in [-0.2, 0) is 20.8 Å². The Labute approximate surface area is 243 Å². The zero-order chi connectivity index (χ0) is 29.4. The molecule has 6 rings (SSSR count). The van der Waals surface area contributed by atoms with E-state index in [0.717, 1.165) is 4.57 Å². The SMILES string of the molecule is COc1ccc(F)cc1C(Cn1c(=O)n(C2CCCNC2=O)c(=O)c2c(C)c(-c3ncco3)sc21)OC1CCOCC1. The number of aryl methyl sites for hydroxylation is 1. The maximum Gasteiger partial charge on any atom is 0.332 e. The van der Waals surface area contributed by atoms with Crippen molar-refractivity contribution in [2.75, 3.05) is 26.9 Å². The van der Waals surface area contributed by atoms with E-state index in [2.05, 4.69) is 10.3 Å². The number of rotatable bonds is 8. The van der Waals surface area contributed by atoms with Crippen LogP contribution in [-0.4, -0.2) is 53.0 Å². The summed E-state index contributed by atoms with van der Waals surface area (Å²) in [5.74, 6) is -0.142. The number of nitrogens with zero attached hydrogens (tertiary/aromatic N) is 3. The fourth-order valence-electron chi connectivity index (χ4n) is 5.72. The van der Waals surface area contributed by atoms with Gasteiger partial charge in [0.25, 0.3) is 5.56 Å². The third-order valence-corrected chi connectivity index (χ3v) is 9.15. The first-order chi connectivity index (χ1) is 20.4. The van der Waals surface area contributed by atoms with Crippen LogP contribution in [0.4, 0.5) is 4.39 Å². The van der Waals surface area contributed by atoms with Gasteiger partial charge < -0.3 is 23.9 Å². The van der Waals surface area contributed by atoms with Crippen LogP contribution in [0.25, 0.3) is 21.0 Å². The molecule has 1 N–H and O–H groups in total. The Morgan fingerprint density at radius 1 is 1.21 bits per heavy atom. The number of oxazole rings is 1. The minimum atomic E-state index is -0.961. The van der Waals surface area contributed by atoms with Gasteiger partial charge in [0.05, 0.1) is 36.2 Å². The molecule has 1 aromatic carbocycles. The number of amides is 1. The number of methoxy groups -OCH3 is 1. The summed E-state index contributed by atoms with van der Waals surface area (Å²) in [4.78, 5) is 46.4. The molecule has 1 amide bonds. The summed E-state index contributed by atoms with van der Waals surface area (Å²) in [5.41, 5.74) is -0.180. The van der Waals surface area contributed by atoms with E-state index in [0.29, 0.717) is 83.3 Å². The van der Waals surface area contributed by atoms with Crippen molar-refractivity contribution < 1.29 is 27.8 Å². The van der Waals surface area contributed by atoms with E-state index in [1.165, 1.54) is 53.7 Å². The fourth-order valence-corrected chi connectivity index (χ4v) is 6.97. The summed E-state index contributed by atoms with van der Waals surface area (Å²) >= 11 is 1.20. The molecule has 222 valence electrons. The van der Waals surface area contributed by atoms with E-state index in [9.17, 15) is 18.8 Å². The minimum Gasteiger partial charge on any atom is -0.496 e. The number of hydrogen-bond donors (Lipinski definition) is 1. The first-order valence-corrected chi connectivity index (χ1v) is 14.7. The largest absolute Gasteiger partial charge is 0.496 e. The number of benzene rings is 1. The second kappa shape index (κ2) is 11.8. The van der Waals surface area contributed by atoms with Gasteiger partial charge in [0.1, 0.15) is 34.8 Å². The molecule has 2 unspecified atom stereocenters. The van der Waals surface area contributed by atoms with Crippen molar-refractivity contribution in [2.24, 2.45) is 0 Å². The van der Waals surface area contributed by atoms with Crippen molar-refractivity contribution in [3.63, 3.8) is 0 Å². The lowest BCUT2D eigenvalue weighted by molar-refractivity contribution is -0.126. The lowest BCUT2D eigenvalue weighted by atomic mass is 10.1. The van der Waals surface area contributed by atoms with Crippen molar-refractivity contribution in [3.05, 3.63) is 68.4 Å². The topological polar surface area (TPSA) is 127 Å². The smallest absolute Gasteiger partial charge is 0.332 e. The molecule has 11 nitrogen and oxygen atoms in total. The van der Waals surface area contributed by atoms with Gasteiger partial charge in [-0.3, -0.25) is 14.2 Å². The van der Waals surface area contributed by atoms with Gasteiger partial charge in [-0.15, -0.1) is 11.3 Å². The van der Waals surface area contributed by atoms with E-state index >= 15 is 0 Å². The molecule has 3 aromatic heterocycles. The average Bonchev–Trinajstić information content (AvgIpc) is 3.64. The molecular formula is C29H31FN4O7S. The number of halogens is 1. The highest BCUT2D eigenvalue weighted by Crippen LogP contribution is 2.38. The number of piperidine rings is 1. The van der Waals surface area contributed by atoms with Crippen LogP contribution in [0.3, 0.4) is 0 Å². The third kappa shape index (κ3) is 5.16. The summed E-state index contributed by atoms with van der Waals surface area (Å²) in [6, 6.07) is 3.20. The Kier molecular flexibility index (Phi) is 7.97. The van der Waals surface area contributed by atoms with Crippen LogP contribution in [0.5, 0.6) is 5.75 Å². The van der Waals surface area contributed by atoms with Crippen molar-refractivity contribution in [1.82, 2.24) is 19.4 Å². The monoisotopic (exact) mass is 598 g/mol. The second-order valence-electron chi connectivity index (χ2n) is 10.4. The summed E-state index contributed by atoms with van der Waals surface area (Å²) in [6.07, 6.45) is 4.15. The van der Waals surface area contributed by atoms with Gasteiger partial charge in [-0.05, 0) is 56.4 Å². The van der Waals surface area contributed by atoms with Crippen LogP contribution in [0, 0.1) is 12.7 Å². The van der Waals surface area contributed by atoms with Crippen molar-refractivity contribution >= 4 is 27.5 Å². The predicted molar refractivity (Wildman–Crippen MR) is 152 cm³/mol. The molecule has 0 radical (unpaired) electrons. The van der Waals surface area contributed by atoms with Crippen LogP contribution in [0.1, 0.15) is 49.0 Å². The van der Waals surface area contributed by atoms with E-state index in [-0.39, 0.29) is 18.6 Å². The fraction of sp³-hybridized carbons (Fsp3) is 0.448. The lowest BCUT2D eigenvalue weighted by Gasteiger charge is -2.30. The van der Waals surface area contributed by atoms with Crippen LogP contribution < -0.4 is 21.3 Å². The first kappa shape index (κ1) is 28.3. The molecule has 42 heavy (non-hydrogen) atoms. The van der Waals surface area contributed by atoms with Gasteiger partial charge in [0.2, 0.25) is 11.8 Å². The molecule has 2 saturated heterocycles. The number of carbonyl (C=O) groups is 1. The summed E-state index contributed by atoms with van der Waals surface area (Å²) in [5, 5.41) is 3.07. The van der Waals surface area contributed by atoms with E-state index < -0.39 is 29.2 Å². The highest BCUT2D eigenvalue weighted by atomic mass is 32.1. The number of ether oxygens (including phenoxy) is 3. The van der Waals surface area contributed by atoms with E-state index in [1.54, 1.807) is 6.92 Å². The maximum atomic E-state index is 14.6. The molecule has 2 atom stereocenters. The predicted octanol–water partition coefficient (Wildman–Crippen LogP) is 3.72. The number of carbonyl (C=O) groups excluding carboxylic acids is 1. The molecular weight excluding hydrogens is 567 g/mol. The number of nitrogens with one attached hydrogen (secondary N) is 1. The summed E-state index contributed by atoms with van der Waals surface area (Å²) < 4.78 is 40.3. The molecule has 0 bridgehead atoms. The van der Waals surface area contributed by atoms with Crippen molar-refractivity contribution in [3.8, 4) is 16.5 Å². The van der Waals surface area contributed by atoms with E-state index in [4.69, 9.17) is 18.6 Å². The maximum absolute atomic E-state index is 14.6. The Morgan fingerprint density at radius 2 is 2.02 bits per heavy atom. The third-order valence-electron chi connectivity index (χ3n) is 7.85. The number of hydrogen-bond acceptors (Lipinski definition) is 9. The molecule has 0 spiro atoms. The average molecular weight is 599 g/mol. The summed E-state index contributed by atoms with van der Waals surface area (Å²) in [7, 11) is 1.49. The molecule has 13 heteroatoms. The molecule has 4 aromatic rings. The highest BCUT2D eigenvalue weighted by molar-refractivity contribution is 7.22. The molecule has 2 fully saturated rings. The Morgan fingerprint density at radius 3 is 2.74 bits per heavy atom. The molecule has 2 aliphatic heterocycles. The quantitative estimate of drug-likeness (QED) is 0.325. The zero-order valence-electron chi connectivity index (χ0n) is 23.3. The standard InChI is InChI=1S/C29H31FN4O7S/c1-16-23-27(36)34(20-4-3-9-31-25(20)35)29(37)33(28(23)42-24(16)26-32-10-13-40-26)15-22(41-18-7-11-39-12-8-18)19-14-17(30)5-6-21(19)38-2/h5-6,10,13-14,18,20,22H,3-4,7-9,11-12,15H2,1-2H3,(H,31,35).